The number of amides is 1. The first-order chi connectivity index (χ1) is 14.0. The molecule has 0 spiro atoms. The molecular formula is C23H27NO4S. The summed E-state index contributed by atoms with van der Waals surface area (Å²) in [6.45, 7) is 1.18. The van der Waals surface area contributed by atoms with Crippen LogP contribution < -0.4 is 10.1 Å². The van der Waals surface area contributed by atoms with Crippen molar-refractivity contribution in [3.63, 3.8) is 0 Å². The van der Waals surface area contributed by atoms with Crippen molar-refractivity contribution >= 4 is 15.7 Å². The quantitative estimate of drug-likeness (QED) is 0.719. The second-order valence-electron chi connectivity index (χ2n) is 8.06. The number of ether oxygens (including phenoxy) is 1. The Labute approximate surface area is 172 Å². The van der Waals surface area contributed by atoms with Crippen molar-refractivity contribution in [1.82, 2.24) is 5.32 Å². The zero-order valence-corrected chi connectivity index (χ0v) is 17.3. The van der Waals surface area contributed by atoms with Gasteiger partial charge in [0.05, 0.1) is 23.7 Å². The lowest BCUT2D eigenvalue weighted by molar-refractivity contribution is -0.120. The molecule has 154 valence electrons. The molecule has 1 heterocycles. The summed E-state index contributed by atoms with van der Waals surface area (Å²) in [5.74, 6) is 1.52. The van der Waals surface area contributed by atoms with Crippen molar-refractivity contribution in [2.45, 2.75) is 42.9 Å². The first-order valence-electron chi connectivity index (χ1n) is 10.3. The highest BCUT2D eigenvalue weighted by molar-refractivity contribution is 7.91. The van der Waals surface area contributed by atoms with Gasteiger partial charge in [-0.05, 0) is 66.8 Å². The molecule has 1 N–H and O–H groups in total. The predicted molar refractivity (Wildman–Crippen MR) is 112 cm³/mol. The summed E-state index contributed by atoms with van der Waals surface area (Å²) < 4.78 is 31.0. The fourth-order valence-corrected chi connectivity index (χ4v) is 5.59. The Bertz CT molecular complexity index is 968. The van der Waals surface area contributed by atoms with Gasteiger partial charge < -0.3 is 10.1 Å². The highest BCUT2D eigenvalue weighted by atomic mass is 32.2. The summed E-state index contributed by atoms with van der Waals surface area (Å²) in [7, 11) is -3.25. The van der Waals surface area contributed by atoms with Gasteiger partial charge in [0.15, 0.2) is 9.84 Å². The van der Waals surface area contributed by atoms with E-state index in [-0.39, 0.29) is 17.6 Å². The number of rotatable bonds is 8. The van der Waals surface area contributed by atoms with Gasteiger partial charge in [-0.25, -0.2) is 8.42 Å². The third-order valence-electron chi connectivity index (χ3n) is 5.68. The van der Waals surface area contributed by atoms with E-state index in [1.807, 2.05) is 30.3 Å². The van der Waals surface area contributed by atoms with Gasteiger partial charge in [0.2, 0.25) is 5.91 Å². The van der Waals surface area contributed by atoms with E-state index in [1.54, 1.807) is 18.2 Å². The maximum Gasteiger partial charge on any atom is 0.224 e. The number of benzene rings is 2. The van der Waals surface area contributed by atoms with E-state index < -0.39 is 9.84 Å². The average Bonchev–Trinajstić information content (AvgIpc) is 3.52. The monoisotopic (exact) mass is 413 g/mol. The Morgan fingerprint density at radius 2 is 1.86 bits per heavy atom. The summed E-state index contributed by atoms with van der Waals surface area (Å²) >= 11 is 0. The lowest BCUT2D eigenvalue weighted by atomic mass is 9.90. The van der Waals surface area contributed by atoms with Gasteiger partial charge >= 0.3 is 0 Å². The third-order valence-corrected chi connectivity index (χ3v) is 7.56. The Hall–Kier alpha value is -2.34. The Morgan fingerprint density at radius 3 is 2.62 bits per heavy atom. The maximum absolute atomic E-state index is 12.7. The molecule has 0 radical (unpaired) electrons. The molecule has 1 unspecified atom stereocenters. The SMILES string of the molecule is O=C(Cc1ccccc1)NCCC1CCOc2ccc(S(=O)(=O)CC3CC3)cc21. The minimum atomic E-state index is -3.25. The first kappa shape index (κ1) is 20.0. The minimum absolute atomic E-state index is 0.00393. The molecule has 0 bridgehead atoms. The van der Waals surface area contributed by atoms with Crippen molar-refractivity contribution in [3.05, 3.63) is 59.7 Å². The molecule has 29 heavy (non-hydrogen) atoms. The molecule has 2 aliphatic rings. The van der Waals surface area contributed by atoms with Crippen LogP contribution in [0.2, 0.25) is 0 Å². The summed E-state index contributed by atoms with van der Waals surface area (Å²) in [6, 6.07) is 14.9. The molecule has 1 fully saturated rings. The van der Waals surface area contributed by atoms with Gasteiger partial charge in [-0.15, -0.1) is 0 Å². The summed E-state index contributed by atoms with van der Waals surface area (Å²) in [4.78, 5) is 12.6. The van der Waals surface area contributed by atoms with Crippen LogP contribution in [0.1, 0.15) is 42.7 Å². The maximum atomic E-state index is 12.7. The molecule has 2 aromatic rings. The number of sulfone groups is 1. The number of carbonyl (C=O) groups is 1. The van der Waals surface area contributed by atoms with Gasteiger partial charge in [-0.3, -0.25) is 4.79 Å². The van der Waals surface area contributed by atoms with Crippen molar-refractivity contribution in [1.29, 1.82) is 0 Å². The lowest BCUT2D eigenvalue weighted by Gasteiger charge is -2.26. The standard InChI is InChI=1S/C23H27NO4S/c25-23(14-17-4-2-1-3-5-17)24-12-10-19-11-13-28-22-9-8-20(15-21(19)22)29(26,27)16-18-6-7-18/h1-5,8-9,15,18-19H,6-7,10-14,16H2,(H,24,25). The zero-order valence-electron chi connectivity index (χ0n) is 16.5. The second-order valence-corrected chi connectivity index (χ2v) is 10.1. The number of fused-ring (bicyclic) bond motifs is 1. The van der Waals surface area contributed by atoms with E-state index in [9.17, 15) is 13.2 Å². The van der Waals surface area contributed by atoms with E-state index in [0.29, 0.717) is 30.4 Å². The highest BCUT2D eigenvalue weighted by Crippen LogP contribution is 2.38. The van der Waals surface area contributed by atoms with E-state index in [1.165, 1.54) is 0 Å². The van der Waals surface area contributed by atoms with E-state index in [2.05, 4.69) is 5.32 Å². The second kappa shape index (κ2) is 8.57. The molecular weight excluding hydrogens is 386 g/mol. The van der Waals surface area contributed by atoms with Gasteiger partial charge in [0.1, 0.15) is 5.75 Å². The van der Waals surface area contributed by atoms with Crippen LogP contribution in [0.25, 0.3) is 0 Å². The number of hydrogen-bond acceptors (Lipinski definition) is 4. The predicted octanol–water partition coefficient (Wildman–Crippen LogP) is 3.49. The molecule has 0 aromatic heterocycles. The largest absolute Gasteiger partial charge is 0.493 e. The fraction of sp³-hybridized carbons (Fsp3) is 0.435. The van der Waals surface area contributed by atoms with Gasteiger partial charge in [-0.2, -0.15) is 0 Å². The van der Waals surface area contributed by atoms with E-state index in [4.69, 9.17) is 4.74 Å². The van der Waals surface area contributed by atoms with Crippen LogP contribution in [0.4, 0.5) is 0 Å². The van der Waals surface area contributed by atoms with Gasteiger partial charge in [-0.1, -0.05) is 30.3 Å². The van der Waals surface area contributed by atoms with Crippen LogP contribution in [0.5, 0.6) is 5.75 Å². The summed E-state index contributed by atoms with van der Waals surface area (Å²) in [6.07, 6.45) is 3.99. The van der Waals surface area contributed by atoms with Crippen LogP contribution in [-0.2, 0) is 21.1 Å². The molecule has 1 atom stereocenters. The van der Waals surface area contributed by atoms with Crippen molar-refractivity contribution in [2.24, 2.45) is 5.92 Å². The molecule has 1 saturated carbocycles. The summed E-state index contributed by atoms with van der Waals surface area (Å²) in [5, 5.41) is 2.99. The lowest BCUT2D eigenvalue weighted by Crippen LogP contribution is -2.28. The average molecular weight is 414 g/mol. The van der Waals surface area contributed by atoms with E-state index in [0.717, 1.165) is 42.6 Å². The Morgan fingerprint density at radius 1 is 1.07 bits per heavy atom. The molecule has 5 nitrogen and oxygen atoms in total. The van der Waals surface area contributed by atoms with Crippen molar-refractivity contribution in [2.75, 3.05) is 18.9 Å². The fourth-order valence-electron chi connectivity index (χ4n) is 3.86. The minimum Gasteiger partial charge on any atom is -0.493 e. The first-order valence-corrected chi connectivity index (χ1v) is 12.0. The van der Waals surface area contributed by atoms with Gasteiger partial charge in [0, 0.05) is 6.54 Å². The van der Waals surface area contributed by atoms with Crippen LogP contribution in [0.3, 0.4) is 0 Å². The Kier molecular flexibility index (Phi) is 5.90. The highest BCUT2D eigenvalue weighted by Gasteiger charge is 2.30. The molecule has 1 amide bonds. The molecule has 1 aliphatic carbocycles. The summed E-state index contributed by atoms with van der Waals surface area (Å²) in [5.41, 5.74) is 1.94. The van der Waals surface area contributed by atoms with Crippen molar-refractivity contribution < 1.29 is 17.9 Å². The smallest absolute Gasteiger partial charge is 0.224 e. The number of hydrogen-bond donors (Lipinski definition) is 1. The molecule has 4 rings (SSSR count). The number of nitrogens with one attached hydrogen (secondary N) is 1. The number of carbonyl (C=O) groups excluding carboxylic acids is 1. The zero-order chi connectivity index (χ0) is 20.3. The van der Waals surface area contributed by atoms with Crippen molar-refractivity contribution in [3.8, 4) is 5.75 Å². The van der Waals surface area contributed by atoms with Gasteiger partial charge in [0.25, 0.3) is 0 Å². The van der Waals surface area contributed by atoms with Crippen LogP contribution >= 0.6 is 0 Å². The van der Waals surface area contributed by atoms with E-state index >= 15 is 0 Å². The molecule has 6 heteroatoms. The van der Waals surface area contributed by atoms with Crippen LogP contribution in [-0.4, -0.2) is 33.2 Å². The topological polar surface area (TPSA) is 72.5 Å². The molecule has 2 aromatic carbocycles. The third kappa shape index (κ3) is 5.18. The molecule has 1 aliphatic heterocycles. The van der Waals surface area contributed by atoms with Crippen LogP contribution in [0.15, 0.2) is 53.4 Å². The Balaban J connectivity index is 1.38. The van der Waals surface area contributed by atoms with Crippen LogP contribution in [0, 0.1) is 5.92 Å². The molecule has 0 saturated heterocycles. The normalized spacial score (nSPS) is 18.6.